The van der Waals surface area contributed by atoms with Gasteiger partial charge in [-0.1, -0.05) is 93.9 Å². The summed E-state index contributed by atoms with van der Waals surface area (Å²) in [4.78, 5) is 94.7. The number of aromatic hydroxyl groups is 1. The summed E-state index contributed by atoms with van der Waals surface area (Å²) < 4.78 is 32.9. The summed E-state index contributed by atoms with van der Waals surface area (Å²) in [5.74, 6) is -5.13. The Morgan fingerprint density at radius 1 is 0.659 bits per heavy atom. The number of carboxylic acid groups (broad SMARTS) is 1. The van der Waals surface area contributed by atoms with Crippen molar-refractivity contribution in [3.05, 3.63) is 173 Å². The lowest BCUT2D eigenvalue weighted by atomic mass is 9.89. The van der Waals surface area contributed by atoms with Gasteiger partial charge in [-0.05, 0) is 129 Å². The number of nitrogens with two attached hydrogens (primary N) is 1. The van der Waals surface area contributed by atoms with Crippen LogP contribution in [0.15, 0.2) is 155 Å². The molecule has 20 heteroatoms. The van der Waals surface area contributed by atoms with Crippen LogP contribution in [-0.4, -0.2) is 82.7 Å². The number of phenolic OH excluding ortho intramolecular Hbond substituents is 1. The number of carboxylic acids is 1. The number of hydrogen-bond donors (Lipinski definition) is 8. The van der Waals surface area contributed by atoms with E-state index in [9.17, 15) is 48.3 Å². The number of amides is 5. The highest BCUT2D eigenvalue weighted by Gasteiger charge is 2.44. The Kier molecular flexibility index (Phi) is 21.6. The van der Waals surface area contributed by atoms with Crippen LogP contribution >= 0.6 is 7.60 Å². The van der Waals surface area contributed by atoms with Crippen LogP contribution in [0.4, 0.5) is 0 Å². The van der Waals surface area contributed by atoms with Gasteiger partial charge in [0.05, 0.1) is 5.56 Å². The van der Waals surface area contributed by atoms with E-state index in [2.05, 4.69) is 26.6 Å². The second-order valence-corrected chi connectivity index (χ2v) is 22.1. The van der Waals surface area contributed by atoms with Gasteiger partial charge in [-0.2, -0.15) is 0 Å². The summed E-state index contributed by atoms with van der Waals surface area (Å²) in [6, 6.07) is 35.3. The fourth-order valence-corrected chi connectivity index (χ4v) is 11.5. The van der Waals surface area contributed by atoms with Crippen molar-refractivity contribution in [3.8, 4) is 39.7 Å². The third-order valence-electron chi connectivity index (χ3n) is 13.6. The molecule has 82 heavy (non-hydrogen) atoms. The molecule has 7 rings (SSSR count). The Balaban J connectivity index is 0.974. The Hall–Kier alpha value is -8.80. The predicted octanol–water partition coefficient (Wildman–Crippen LogP) is 8.94. The minimum atomic E-state index is -4.22. The van der Waals surface area contributed by atoms with E-state index in [-0.39, 0.29) is 82.9 Å². The number of rotatable bonds is 29. The van der Waals surface area contributed by atoms with Crippen molar-refractivity contribution in [1.29, 1.82) is 0 Å². The van der Waals surface area contributed by atoms with E-state index in [4.69, 9.17) is 19.2 Å². The maximum absolute atomic E-state index is 14.8. The molecule has 1 heterocycles. The molecule has 0 bridgehead atoms. The Labute approximate surface area is 475 Å². The monoisotopic (exact) mass is 1140 g/mol. The van der Waals surface area contributed by atoms with Crippen molar-refractivity contribution in [3.63, 3.8) is 0 Å². The van der Waals surface area contributed by atoms with Crippen molar-refractivity contribution in [2.45, 2.75) is 102 Å². The average molecular weight is 1140 g/mol. The van der Waals surface area contributed by atoms with Gasteiger partial charge in [0.2, 0.25) is 23.6 Å². The number of carbonyl (C=O) groups excluding carboxylic acids is 5. The van der Waals surface area contributed by atoms with Gasteiger partial charge in [0.1, 0.15) is 46.7 Å². The van der Waals surface area contributed by atoms with Gasteiger partial charge in [-0.15, -0.1) is 0 Å². The third kappa shape index (κ3) is 16.4. The van der Waals surface area contributed by atoms with Crippen molar-refractivity contribution in [1.82, 2.24) is 26.6 Å². The number of benzene rings is 6. The summed E-state index contributed by atoms with van der Waals surface area (Å²) in [5, 5.41) is 35.1. The molecule has 0 saturated carbocycles. The quantitative estimate of drug-likeness (QED) is 0.0123. The highest BCUT2D eigenvalue weighted by atomic mass is 31.2. The van der Waals surface area contributed by atoms with Gasteiger partial charge in [0, 0.05) is 53.6 Å². The molecule has 0 spiro atoms. The number of fused-ring (bicyclic) bond motifs is 2. The highest BCUT2D eigenvalue weighted by molar-refractivity contribution is 7.55. The van der Waals surface area contributed by atoms with Crippen LogP contribution < -0.4 is 46.8 Å². The lowest BCUT2D eigenvalue weighted by Crippen LogP contribution is -2.57. The Morgan fingerprint density at radius 3 is 1.93 bits per heavy atom. The first-order valence-electron chi connectivity index (χ1n) is 27.4. The summed E-state index contributed by atoms with van der Waals surface area (Å²) >= 11 is 0. The molecule has 0 radical (unpaired) electrons. The van der Waals surface area contributed by atoms with Gasteiger partial charge < -0.3 is 56.0 Å². The van der Waals surface area contributed by atoms with Crippen LogP contribution in [0.5, 0.6) is 17.2 Å². The van der Waals surface area contributed by atoms with Gasteiger partial charge in [0.25, 0.3) is 5.91 Å². The van der Waals surface area contributed by atoms with Gasteiger partial charge in [-0.3, -0.25) is 28.8 Å². The topological polar surface area (TPSA) is 295 Å². The maximum Gasteiger partial charge on any atom is 0.453 e. The fourth-order valence-electron chi connectivity index (χ4n) is 9.35. The number of phenols is 1. The predicted molar refractivity (Wildman–Crippen MR) is 312 cm³/mol. The molecule has 0 fully saturated rings. The summed E-state index contributed by atoms with van der Waals surface area (Å²) in [6.07, 6.45) is 2.80. The number of nitrogens with one attached hydrogen (secondary N) is 5. The average Bonchev–Trinajstić information content (AvgIpc) is 2.09. The highest BCUT2D eigenvalue weighted by Crippen LogP contribution is 2.54. The van der Waals surface area contributed by atoms with Gasteiger partial charge >= 0.3 is 13.6 Å². The van der Waals surface area contributed by atoms with Crippen molar-refractivity contribution < 1.29 is 57.0 Å². The van der Waals surface area contributed by atoms with Crippen LogP contribution in [-0.2, 0) is 30.2 Å². The van der Waals surface area contributed by atoms with E-state index in [1.54, 1.807) is 99.6 Å². The molecule has 2 aliphatic rings. The van der Waals surface area contributed by atoms with Gasteiger partial charge in [-0.25, -0.2) is 9.36 Å². The zero-order chi connectivity index (χ0) is 58.8. The zero-order valence-electron chi connectivity index (χ0n) is 45.9. The minimum absolute atomic E-state index is 0.0359. The van der Waals surface area contributed by atoms with Crippen molar-refractivity contribution in [2.24, 2.45) is 11.7 Å². The Morgan fingerprint density at radius 2 is 1.29 bits per heavy atom. The third-order valence-corrected chi connectivity index (χ3v) is 15.9. The van der Waals surface area contributed by atoms with E-state index in [1.165, 1.54) is 48.5 Å². The first-order chi connectivity index (χ1) is 39.5. The summed E-state index contributed by atoms with van der Waals surface area (Å²) in [5.41, 5.74) is 7.52. The zero-order valence-corrected chi connectivity index (χ0v) is 46.8. The number of hydrogen-bond acceptors (Lipinski definition) is 13. The maximum atomic E-state index is 14.8. The van der Waals surface area contributed by atoms with Crippen LogP contribution in [0.25, 0.3) is 33.4 Å². The molecule has 0 aromatic heterocycles. The van der Waals surface area contributed by atoms with Crippen LogP contribution in [0.3, 0.4) is 0 Å². The molecule has 4 atom stereocenters. The van der Waals surface area contributed by atoms with Crippen LogP contribution in [0, 0.1) is 5.92 Å². The normalized spacial score (nSPS) is 12.8. The van der Waals surface area contributed by atoms with E-state index in [1.807, 2.05) is 18.2 Å². The largest absolute Gasteiger partial charge is 0.508 e. The lowest BCUT2D eigenvalue weighted by Gasteiger charge is -2.32. The molecule has 5 amide bonds. The molecule has 1 aliphatic carbocycles. The van der Waals surface area contributed by atoms with Crippen LogP contribution in [0.2, 0.25) is 0 Å². The fraction of sp³-hybridized carbons (Fsp3) is 0.306. The SMILES string of the molecule is CC[C@H](NC(=O)[C@H](CCCCN)NC(=O)[C@H](Cc1ccccc1)NC(=O)CCCCCNC(=O)c1ccc(C(=O)O)c(-c2c3ccc(=O)cc-3oc3cc(O)ccc23)c1)C(=O)N[C@@H](C(C)C)P(=O)(Oc1ccccc1)Oc1ccccc1. The van der Waals surface area contributed by atoms with Crippen molar-refractivity contribution >= 4 is 54.1 Å². The second-order valence-electron chi connectivity index (χ2n) is 20.1. The van der Waals surface area contributed by atoms with E-state index in [0.717, 1.165) is 5.56 Å². The van der Waals surface area contributed by atoms with Crippen LogP contribution in [0.1, 0.15) is 98.4 Å². The molecule has 9 N–H and O–H groups in total. The molecule has 5 aromatic rings. The summed E-state index contributed by atoms with van der Waals surface area (Å²) in [6.45, 7) is 5.77. The lowest BCUT2D eigenvalue weighted by molar-refractivity contribution is -0.134. The number of carbonyl (C=O) groups is 6. The standard InChI is InChI=1S/C62H69N6O13P/c1-4-50(58(73)68-61(39(2)3)82(78,80-44-21-11-6-12-22-44)81-45-23-13-7-14-24-45)66-59(74)51(25-16-17-33-63)67-60(75)52(35-40-19-9-5-10-20-40)65-55(71)26-15-8-18-34-64-57(72)41-27-30-46(62(76)77)49(36-41)56-47-31-28-42(69)37-53(47)79-54-38-43(70)29-32-48(54)56/h5-7,9-14,19-24,27-32,36-39,50-52,61,69H,4,8,15-18,25-26,33-35,63H2,1-3H3,(H,64,72)(H,65,71)(H,66,74)(H,67,75)(H,68,73)(H,76,77)/t50-,51-,52-,61+/m0/s1. The number of para-hydroxylation sites is 2. The molecule has 0 saturated heterocycles. The Bertz CT molecular complexity index is 3370. The van der Waals surface area contributed by atoms with Gasteiger partial charge in [0.15, 0.2) is 11.2 Å². The van der Waals surface area contributed by atoms with E-state index < -0.39 is 72.9 Å². The molecule has 19 nitrogen and oxygen atoms in total. The minimum Gasteiger partial charge on any atom is -0.508 e. The molecule has 0 unspecified atom stereocenters. The number of unbranched alkanes of at least 4 members (excludes halogenated alkanes) is 3. The molecule has 430 valence electrons. The van der Waals surface area contributed by atoms with E-state index >= 15 is 0 Å². The molecular weight excluding hydrogens is 1070 g/mol. The smallest absolute Gasteiger partial charge is 0.453 e. The second kappa shape index (κ2) is 29.1. The van der Waals surface area contributed by atoms with Crippen molar-refractivity contribution in [2.75, 3.05) is 13.1 Å². The van der Waals surface area contributed by atoms with E-state index in [0.29, 0.717) is 55.2 Å². The summed E-state index contributed by atoms with van der Waals surface area (Å²) in [7, 11) is -4.22. The first-order valence-corrected chi connectivity index (χ1v) is 29.0. The first kappa shape index (κ1) is 60.8. The molecular formula is C62H69N6O13P. The molecule has 1 aliphatic heterocycles. The molecule has 5 aromatic carbocycles. The number of aromatic carboxylic acids is 1.